The Labute approximate surface area is 184 Å². The molecule has 0 saturated carbocycles. The second kappa shape index (κ2) is 10.1. The van der Waals surface area contributed by atoms with E-state index < -0.39 is 0 Å². The summed E-state index contributed by atoms with van der Waals surface area (Å²) in [5, 5.41) is 12.6. The predicted octanol–water partition coefficient (Wildman–Crippen LogP) is 5.01. The van der Waals surface area contributed by atoms with Crippen LogP contribution in [0.3, 0.4) is 0 Å². The fourth-order valence-electron chi connectivity index (χ4n) is 2.74. The molecule has 152 valence electrons. The lowest BCUT2D eigenvalue weighted by Gasteiger charge is -2.17. The van der Waals surface area contributed by atoms with Gasteiger partial charge in [0.1, 0.15) is 0 Å². The van der Waals surface area contributed by atoms with Crippen molar-refractivity contribution in [1.82, 2.24) is 20.1 Å². The molecule has 29 heavy (non-hydrogen) atoms. The van der Waals surface area contributed by atoms with Gasteiger partial charge in [0.05, 0.1) is 12.3 Å². The first kappa shape index (κ1) is 21.6. The minimum absolute atomic E-state index is 0.00732. The number of thioether (sulfide) groups is 1. The van der Waals surface area contributed by atoms with Gasteiger partial charge in [0.25, 0.3) is 0 Å². The van der Waals surface area contributed by atoms with Crippen LogP contribution in [0.4, 0.5) is 0 Å². The van der Waals surface area contributed by atoms with Gasteiger partial charge in [0.15, 0.2) is 11.0 Å². The van der Waals surface area contributed by atoms with Crippen molar-refractivity contribution in [2.75, 3.05) is 5.75 Å². The predicted molar refractivity (Wildman–Crippen MR) is 122 cm³/mol. The Balaban J connectivity index is 1.85. The number of carbonyl (C=O) groups is 1. The monoisotopic (exact) mass is 472 g/mol. The summed E-state index contributed by atoms with van der Waals surface area (Å²) in [5.74, 6) is 1.49. The number of hydrogen-bond acceptors (Lipinski definition) is 4. The molecule has 5 nitrogen and oxygen atoms in total. The highest BCUT2D eigenvalue weighted by Crippen LogP contribution is 2.30. The Hall–Kier alpha value is -2.12. The molecule has 3 rings (SSSR count). The van der Waals surface area contributed by atoms with Crippen molar-refractivity contribution in [3.8, 4) is 11.4 Å². The van der Waals surface area contributed by atoms with Crippen LogP contribution < -0.4 is 5.32 Å². The summed E-state index contributed by atoms with van der Waals surface area (Å²) < 4.78 is 3.03. The molecule has 0 radical (unpaired) electrons. The van der Waals surface area contributed by atoms with Crippen LogP contribution >= 0.6 is 27.7 Å². The summed E-state index contributed by atoms with van der Waals surface area (Å²) in [6.45, 7) is 6.85. The molecule has 2 aromatic carbocycles. The summed E-state index contributed by atoms with van der Waals surface area (Å²) in [6.07, 6.45) is 0. The van der Waals surface area contributed by atoms with E-state index in [4.69, 9.17) is 0 Å². The first-order valence-corrected chi connectivity index (χ1v) is 11.4. The van der Waals surface area contributed by atoms with Gasteiger partial charge in [0.2, 0.25) is 5.91 Å². The molecule has 0 aliphatic carbocycles. The largest absolute Gasteiger partial charge is 0.353 e. The van der Waals surface area contributed by atoms with E-state index in [1.807, 2.05) is 49.4 Å². The number of nitrogens with zero attached hydrogens (tertiary/aromatic N) is 3. The topological polar surface area (TPSA) is 59.8 Å². The minimum atomic E-state index is 0.00732. The van der Waals surface area contributed by atoms with Crippen molar-refractivity contribution >= 4 is 33.6 Å². The molecule has 1 amide bonds. The van der Waals surface area contributed by atoms with E-state index in [1.54, 1.807) is 0 Å². The molecular formula is C22H25BrN4OS. The molecule has 1 aromatic heterocycles. The SMILES string of the molecule is CC(C)[C@@H](C)NC(=O)CSc1nnc(-c2ccccc2Br)n1Cc1ccccc1. The Morgan fingerprint density at radius 3 is 2.45 bits per heavy atom. The summed E-state index contributed by atoms with van der Waals surface area (Å²) in [6, 6.07) is 18.3. The van der Waals surface area contributed by atoms with Crippen molar-refractivity contribution in [3.05, 3.63) is 64.6 Å². The number of aromatic nitrogens is 3. The lowest BCUT2D eigenvalue weighted by Crippen LogP contribution is -2.37. The number of nitrogens with one attached hydrogen (secondary N) is 1. The third-order valence-electron chi connectivity index (χ3n) is 4.74. The molecule has 0 aliphatic rings. The molecule has 0 bridgehead atoms. The van der Waals surface area contributed by atoms with Crippen LogP contribution in [0, 0.1) is 5.92 Å². The lowest BCUT2D eigenvalue weighted by molar-refractivity contribution is -0.119. The van der Waals surface area contributed by atoms with Gasteiger partial charge >= 0.3 is 0 Å². The first-order valence-electron chi connectivity index (χ1n) is 9.60. The van der Waals surface area contributed by atoms with Gasteiger partial charge in [-0.05, 0) is 24.5 Å². The van der Waals surface area contributed by atoms with Crippen LogP contribution in [0.5, 0.6) is 0 Å². The van der Waals surface area contributed by atoms with Crippen LogP contribution in [0.1, 0.15) is 26.3 Å². The van der Waals surface area contributed by atoms with E-state index in [2.05, 4.69) is 62.0 Å². The molecule has 0 fully saturated rings. The van der Waals surface area contributed by atoms with E-state index in [0.717, 1.165) is 26.6 Å². The zero-order chi connectivity index (χ0) is 20.8. The van der Waals surface area contributed by atoms with Gasteiger partial charge in [0, 0.05) is 16.1 Å². The molecule has 7 heteroatoms. The maximum Gasteiger partial charge on any atom is 0.230 e. The Morgan fingerprint density at radius 2 is 1.76 bits per heavy atom. The Kier molecular flexibility index (Phi) is 7.50. The molecule has 1 atom stereocenters. The molecule has 3 aromatic rings. The number of hydrogen-bond donors (Lipinski definition) is 1. The van der Waals surface area contributed by atoms with Gasteiger partial charge in [-0.3, -0.25) is 9.36 Å². The molecule has 1 heterocycles. The van der Waals surface area contributed by atoms with Crippen LogP contribution in [0.15, 0.2) is 64.2 Å². The standard InChI is InChI=1S/C22H25BrN4OS/c1-15(2)16(3)24-20(28)14-29-22-26-25-21(18-11-7-8-12-19(18)23)27(22)13-17-9-5-4-6-10-17/h4-12,15-16H,13-14H2,1-3H3,(H,24,28)/t16-/m1/s1. The number of carbonyl (C=O) groups excluding carboxylic acids is 1. The van der Waals surface area contributed by atoms with E-state index in [-0.39, 0.29) is 11.9 Å². The highest BCUT2D eigenvalue weighted by Gasteiger charge is 2.18. The summed E-state index contributed by atoms with van der Waals surface area (Å²) in [4.78, 5) is 12.3. The Bertz CT molecular complexity index is 958. The van der Waals surface area contributed by atoms with E-state index in [1.165, 1.54) is 11.8 Å². The number of rotatable bonds is 8. The van der Waals surface area contributed by atoms with Gasteiger partial charge < -0.3 is 5.32 Å². The maximum absolute atomic E-state index is 12.3. The average molecular weight is 473 g/mol. The fraction of sp³-hybridized carbons (Fsp3) is 0.318. The molecule has 0 saturated heterocycles. The summed E-state index contributed by atoms with van der Waals surface area (Å²) >= 11 is 5.02. The lowest BCUT2D eigenvalue weighted by atomic mass is 10.1. The maximum atomic E-state index is 12.3. The number of halogens is 1. The van der Waals surface area contributed by atoms with Crippen molar-refractivity contribution in [1.29, 1.82) is 0 Å². The van der Waals surface area contributed by atoms with E-state index in [9.17, 15) is 4.79 Å². The van der Waals surface area contributed by atoms with Gasteiger partial charge in [-0.2, -0.15) is 0 Å². The van der Waals surface area contributed by atoms with Crippen molar-refractivity contribution in [2.45, 2.75) is 38.5 Å². The number of benzene rings is 2. The summed E-state index contributed by atoms with van der Waals surface area (Å²) in [5.41, 5.74) is 2.13. The van der Waals surface area contributed by atoms with Crippen LogP contribution in [-0.2, 0) is 11.3 Å². The molecule has 0 aliphatic heterocycles. The highest BCUT2D eigenvalue weighted by atomic mass is 79.9. The van der Waals surface area contributed by atoms with Crippen LogP contribution in [0.2, 0.25) is 0 Å². The van der Waals surface area contributed by atoms with Gasteiger partial charge in [-0.15, -0.1) is 10.2 Å². The second-order valence-electron chi connectivity index (χ2n) is 7.25. The molecular weight excluding hydrogens is 448 g/mol. The Morgan fingerprint density at radius 1 is 1.07 bits per heavy atom. The normalized spacial score (nSPS) is 12.2. The van der Waals surface area contributed by atoms with Crippen LogP contribution in [-0.4, -0.2) is 32.5 Å². The van der Waals surface area contributed by atoms with E-state index in [0.29, 0.717) is 18.2 Å². The van der Waals surface area contributed by atoms with Gasteiger partial charge in [-0.25, -0.2) is 0 Å². The number of amides is 1. The third kappa shape index (κ3) is 5.70. The quantitative estimate of drug-likeness (QED) is 0.468. The van der Waals surface area contributed by atoms with Crippen molar-refractivity contribution < 1.29 is 4.79 Å². The van der Waals surface area contributed by atoms with Crippen molar-refractivity contribution in [3.63, 3.8) is 0 Å². The molecule has 0 spiro atoms. The molecule has 1 N–H and O–H groups in total. The summed E-state index contributed by atoms with van der Waals surface area (Å²) in [7, 11) is 0. The minimum Gasteiger partial charge on any atom is -0.353 e. The zero-order valence-corrected chi connectivity index (χ0v) is 19.2. The average Bonchev–Trinajstić information content (AvgIpc) is 3.09. The van der Waals surface area contributed by atoms with Gasteiger partial charge in [-0.1, -0.05) is 90.1 Å². The fourth-order valence-corrected chi connectivity index (χ4v) is 3.95. The van der Waals surface area contributed by atoms with Crippen molar-refractivity contribution in [2.24, 2.45) is 5.92 Å². The second-order valence-corrected chi connectivity index (χ2v) is 9.04. The van der Waals surface area contributed by atoms with E-state index >= 15 is 0 Å². The first-order chi connectivity index (χ1) is 14.0. The van der Waals surface area contributed by atoms with Crippen LogP contribution in [0.25, 0.3) is 11.4 Å². The third-order valence-corrected chi connectivity index (χ3v) is 6.39. The highest BCUT2D eigenvalue weighted by molar-refractivity contribution is 9.10. The smallest absolute Gasteiger partial charge is 0.230 e. The molecule has 0 unspecified atom stereocenters. The zero-order valence-electron chi connectivity index (χ0n) is 16.8.